The predicted molar refractivity (Wildman–Crippen MR) is 43.2 cm³/mol. The summed E-state index contributed by atoms with van der Waals surface area (Å²) in [7, 11) is 1.43. The molecule has 0 aromatic rings. The monoisotopic (exact) mass is 220 g/mol. The standard InChI is InChI=1S/C4H8N2O2.C2H6O.Ni/c1-4(3-5-7)6-8-2;1-2-3;/h3,7H,1-2H3;3H,2H2,1H3;. The smallest absolute Gasteiger partial charge is 0.106 e. The second-order valence-corrected chi connectivity index (χ2v) is 1.48. The summed E-state index contributed by atoms with van der Waals surface area (Å²) in [4.78, 5) is 4.34. The summed E-state index contributed by atoms with van der Waals surface area (Å²) in [5.74, 6) is 0. The van der Waals surface area contributed by atoms with Crippen LogP contribution in [0.25, 0.3) is 0 Å². The van der Waals surface area contributed by atoms with Crippen LogP contribution in [0.5, 0.6) is 0 Å². The van der Waals surface area contributed by atoms with E-state index in [0.29, 0.717) is 5.71 Å². The molecule has 0 aliphatic carbocycles. The molecule has 0 rings (SSSR count). The van der Waals surface area contributed by atoms with Gasteiger partial charge in [-0.1, -0.05) is 10.3 Å². The molecule has 0 amide bonds. The van der Waals surface area contributed by atoms with Crippen molar-refractivity contribution in [3.8, 4) is 0 Å². The SMILES string of the molecule is CCO.CON=C(C)C=NO.[Ni]. The Balaban J connectivity index is -0.000000177. The fraction of sp³-hybridized carbons (Fsp3) is 0.667. The summed E-state index contributed by atoms with van der Waals surface area (Å²) in [6, 6.07) is 0. The van der Waals surface area contributed by atoms with Gasteiger partial charge in [0, 0.05) is 23.1 Å². The maximum Gasteiger partial charge on any atom is 0.106 e. The van der Waals surface area contributed by atoms with Crippen LogP contribution >= 0.6 is 0 Å². The average molecular weight is 221 g/mol. The van der Waals surface area contributed by atoms with Gasteiger partial charge >= 0.3 is 0 Å². The summed E-state index contributed by atoms with van der Waals surface area (Å²) in [5.41, 5.74) is 0.523. The van der Waals surface area contributed by atoms with E-state index in [2.05, 4.69) is 15.1 Å². The number of nitrogens with zero attached hydrogens (tertiary/aromatic N) is 2. The van der Waals surface area contributed by atoms with Crippen molar-refractivity contribution in [2.75, 3.05) is 13.7 Å². The molecule has 0 unspecified atom stereocenters. The number of rotatable bonds is 2. The fourth-order valence-corrected chi connectivity index (χ4v) is 0.251. The number of aliphatic hydroxyl groups is 1. The van der Waals surface area contributed by atoms with Crippen molar-refractivity contribution >= 4 is 11.9 Å². The van der Waals surface area contributed by atoms with Gasteiger partial charge in [-0.2, -0.15) is 0 Å². The molecular formula is C6H14N2NiO3. The molecule has 0 spiro atoms. The van der Waals surface area contributed by atoms with Crippen LogP contribution in [-0.2, 0) is 21.3 Å². The topological polar surface area (TPSA) is 74.4 Å². The van der Waals surface area contributed by atoms with Crippen molar-refractivity contribution < 1.29 is 31.6 Å². The van der Waals surface area contributed by atoms with E-state index in [1.165, 1.54) is 13.3 Å². The van der Waals surface area contributed by atoms with E-state index < -0.39 is 0 Å². The van der Waals surface area contributed by atoms with Gasteiger partial charge in [-0.25, -0.2) is 0 Å². The third kappa shape index (κ3) is 22.7. The zero-order valence-electron chi connectivity index (χ0n) is 7.30. The van der Waals surface area contributed by atoms with Crippen LogP contribution in [0, 0.1) is 0 Å². The minimum absolute atomic E-state index is 0. The molecule has 0 atom stereocenters. The van der Waals surface area contributed by atoms with Crippen LogP contribution < -0.4 is 0 Å². The molecule has 0 fully saturated rings. The predicted octanol–water partition coefficient (Wildman–Crippen LogP) is 0.465. The van der Waals surface area contributed by atoms with Crippen LogP contribution in [-0.4, -0.2) is 36.0 Å². The molecular weight excluding hydrogens is 207 g/mol. The Morgan fingerprint density at radius 1 is 1.58 bits per heavy atom. The maximum absolute atomic E-state index is 7.90. The number of oxime groups is 2. The van der Waals surface area contributed by atoms with E-state index in [1.807, 2.05) is 0 Å². The first-order chi connectivity index (χ1) is 5.22. The van der Waals surface area contributed by atoms with Crippen LogP contribution in [0.4, 0.5) is 0 Å². The van der Waals surface area contributed by atoms with Gasteiger partial charge in [0.2, 0.25) is 0 Å². The van der Waals surface area contributed by atoms with Gasteiger partial charge < -0.3 is 15.2 Å². The minimum Gasteiger partial charge on any atom is -0.411 e. The van der Waals surface area contributed by atoms with Gasteiger partial charge in [-0.15, -0.1) is 0 Å². The molecule has 0 heterocycles. The third-order valence-corrected chi connectivity index (χ3v) is 0.480. The Kier molecular flexibility index (Phi) is 24.4. The van der Waals surface area contributed by atoms with Gasteiger partial charge in [-0.3, -0.25) is 0 Å². The van der Waals surface area contributed by atoms with Crippen molar-refractivity contribution in [1.29, 1.82) is 0 Å². The van der Waals surface area contributed by atoms with Gasteiger partial charge in [-0.05, 0) is 13.8 Å². The van der Waals surface area contributed by atoms with Crippen LogP contribution in [0.2, 0.25) is 0 Å². The first kappa shape index (κ1) is 17.5. The zero-order chi connectivity index (χ0) is 9.11. The summed E-state index contributed by atoms with van der Waals surface area (Å²) in [5, 5.41) is 21.6. The first-order valence-electron chi connectivity index (χ1n) is 3.08. The average Bonchev–Trinajstić information content (AvgIpc) is 1.90. The van der Waals surface area contributed by atoms with Gasteiger partial charge in [0.1, 0.15) is 7.11 Å². The Morgan fingerprint density at radius 2 is 2.00 bits per heavy atom. The normalized spacial score (nSPS) is 9.83. The van der Waals surface area contributed by atoms with Crippen LogP contribution in [0.1, 0.15) is 13.8 Å². The molecule has 0 saturated carbocycles. The van der Waals surface area contributed by atoms with Gasteiger partial charge in [0.15, 0.2) is 0 Å². The van der Waals surface area contributed by atoms with Crippen molar-refractivity contribution in [1.82, 2.24) is 0 Å². The largest absolute Gasteiger partial charge is 0.411 e. The molecule has 5 nitrogen and oxygen atoms in total. The molecule has 0 aromatic carbocycles. The van der Waals surface area contributed by atoms with E-state index in [-0.39, 0.29) is 23.1 Å². The van der Waals surface area contributed by atoms with E-state index >= 15 is 0 Å². The van der Waals surface area contributed by atoms with E-state index in [4.69, 9.17) is 10.3 Å². The Bertz CT molecular complexity index is 128. The quantitative estimate of drug-likeness (QED) is 0.308. The molecule has 0 aromatic heterocycles. The first-order valence-corrected chi connectivity index (χ1v) is 3.08. The Hall–Kier alpha value is -0.606. The fourth-order valence-electron chi connectivity index (χ4n) is 0.251. The summed E-state index contributed by atoms with van der Waals surface area (Å²) in [6.45, 7) is 3.59. The molecule has 2 N–H and O–H groups in total. The van der Waals surface area contributed by atoms with E-state index in [0.717, 1.165) is 0 Å². The summed E-state index contributed by atoms with van der Waals surface area (Å²) in [6.07, 6.45) is 1.18. The molecule has 0 aliphatic rings. The second kappa shape index (κ2) is 16.8. The van der Waals surface area contributed by atoms with Crippen LogP contribution in [0.15, 0.2) is 10.3 Å². The van der Waals surface area contributed by atoms with Crippen molar-refractivity contribution in [2.24, 2.45) is 10.3 Å². The summed E-state index contributed by atoms with van der Waals surface area (Å²) < 4.78 is 0. The molecule has 12 heavy (non-hydrogen) atoms. The molecule has 0 bridgehead atoms. The number of hydrogen-bond acceptors (Lipinski definition) is 5. The Labute approximate surface area is 82.0 Å². The molecule has 0 aliphatic heterocycles. The third-order valence-electron chi connectivity index (χ3n) is 0.480. The molecule has 76 valence electrons. The van der Waals surface area contributed by atoms with Crippen molar-refractivity contribution in [3.63, 3.8) is 0 Å². The van der Waals surface area contributed by atoms with Crippen molar-refractivity contribution in [3.05, 3.63) is 0 Å². The molecule has 0 radical (unpaired) electrons. The molecule has 6 heteroatoms. The zero-order valence-corrected chi connectivity index (χ0v) is 8.29. The van der Waals surface area contributed by atoms with E-state index in [9.17, 15) is 0 Å². The Morgan fingerprint density at radius 3 is 2.25 bits per heavy atom. The van der Waals surface area contributed by atoms with Crippen molar-refractivity contribution in [2.45, 2.75) is 13.8 Å². The number of hydrogen-bond donors (Lipinski definition) is 2. The number of aliphatic hydroxyl groups excluding tert-OH is 1. The molecule has 0 saturated heterocycles. The maximum atomic E-state index is 7.90. The summed E-state index contributed by atoms with van der Waals surface area (Å²) >= 11 is 0. The van der Waals surface area contributed by atoms with Crippen LogP contribution in [0.3, 0.4) is 0 Å². The minimum atomic E-state index is 0. The van der Waals surface area contributed by atoms with Gasteiger partial charge in [0.05, 0.1) is 11.9 Å². The second-order valence-electron chi connectivity index (χ2n) is 1.48. The van der Waals surface area contributed by atoms with E-state index in [1.54, 1.807) is 13.8 Å². The van der Waals surface area contributed by atoms with Gasteiger partial charge in [0.25, 0.3) is 0 Å².